The first kappa shape index (κ1) is 18.5. The van der Waals surface area contributed by atoms with Crippen LogP contribution in [0.5, 0.6) is 0 Å². The molecule has 1 fully saturated rings. The fourth-order valence-corrected chi connectivity index (χ4v) is 3.78. The molecule has 1 aliphatic rings. The second-order valence-electron chi connectivity index (χ2n) is 7.62. The Morgan fingerprint density at radius 3 is 2.40 bits per heavy atom. The molecule has 1 N–H and O–H groups in total. The molecule has 6 nitrogen and oxygen atoms in total. The Morgan fingerprint density at radius 1 is 0.800 bits per heavy atom. The number of para-hydroxylation sites is 1. The fraction of sp³-hybridized carbons (Fsp3) is 0.208. The minimum absolute atomic E-state index is 0.569. The van der Waals surface area contributed by atoms with Crippen LogP contribution in [0.4, 0.5) is 17.5 Å². The number of hydrogen-bond acceptors (Lipinski definition) is 6. The predicted molar refractivity (Wildman–Crippen MR) is 122 cm³/mol. The summed E-state index contributed by atoms with van der Waals surface area (Å²) in [5.41, 5.74) is 4.06. The summed E-state index contributed by atoms with van der Waals surface area (Å²) < 4.78 is 0. The molecular weight excluding hydrogens is 372 g/mol. The highest BCUT2D eigenvalue weighted by Gasteiger charge is 2.15. The van der Waals surface area contributed by atoms with Gasteiger partial charge in [-0.2, -0.15) is 0 Å². The molecular formula is C24H24N6. The molecule has 1 saturated heterocycles. The van der Waals surface area contributed by atoms with Gasteiger partial charge in [0, 0.05) is 43.3 Å². The number of fused-ring (bicyclic) bond motifs is 1. The third-order valence-corrected chi connectivity index (χ3v) is 5.53. The molecule has 2 aromatic heterocycles. The van der Waals surface area contributed by atoms with Gasteiger partial charge in [-0.05, 0) is 24.7 Å². The molecule has 0 radical (unpaired) electrons. The van der Waals surface area contributed by atoms with Crippen LogP contribution in [-0.4, -0.2) is 53.1 Å². The van der Waals surface area contributed by atoms with Crippen molar-refractivity contribution in [2.75, 3.05) is 43.4 Å². The molecule has 0 aliphatic carbocycles. The first-order chi connectivity index (χ1) is 14.8. The van der Waals surface area contributed by atoms with Gasteiger partial charge in [-0.1, -0.05) is 48.5 Å². The second kappa shape index (κ2) is 8.08. The van der Waals surface area contributed by atoms with Crippen LogP contribution in [0.25, 0.3) is 22.0 Å². The van der Waals surface area contributed by atoms with Crippen molar-refractivity contribution in [3.8, 4) is 11.1 Å². The van der Waals surface area contributed by atoms with Crippen LogP contribution in [0.2, 0.25) is 0 Å². The SMILES string of the molecule is CN1CCN(c2ccc(Nc3ncc4cccc(-c5ccccc5)c4n3)cn2)CC1. The minimum Gasteiger partial charge on any atom is -0.354 e. The van der Waals surface area contributed by atoms with E-state index in [2.05, 4.69) is 56.4 Å². The lowest BCUT2D eigenvalue weighted by molar-refractivity contribution is 0.312. The molecule has 0 amide bonds. The minimum atomic E-state index is 0.569. The summed E-state index contributed by atoms with van der Waals surface area (Å²) in [7, 11) is 2.16. The van der Waals surface area contributed by atoms with Gasteiger partial charge in [0.05, 0.1) is 17.4 Å². The Morgan fingerprint density at radius 2 is 1.63 bits per heavy atom. The lowest BCUT2D eigenvalue weighted by atomic mass is 10.0. The van der Waals surface area contributed by atoms with Crippen LogP contribution in [-0.2, 0) is 0 Å². The lowest BCUT2D eigenvalue weighted by Crippen LogP contribution is -2.44. The number of nitrogens with zero attached hydrogens (tertiary/aromatic N) is 5. The quantitative estimate of drug-likeness (QED) is 0.558. The molecule has 3 heterocycles. The Balaban J connectivity index is 1.39. The number of likely N-dealkylation sites (N-methyl/N-ethyl adjacent to an activating group) is 1. The van der Waals surface area contributed by atoms with Gasteiger partial charge >= 0.3 is 0 Å². The van der Waals surface area contributed by atoms with E-state index in [1.54, 1.807) is 0 Å². The summed E-state index contributed by atoms with van der Waals surface area (Å²) in [5, 5.41) is 4.32. The standard InChI is InChI=1S/C24H24N6/c1-29-12-14-30(15-13-29)22-11-10-20(17-25-22)27-24-26-16-19-8-5-9-21(23(19)28-24)18-6-3-2-4-7-18/h2-11,16-17H,12-15H2,1H3,(H,26,27,28). The maximum Gasteiger partial charge on any atom is 0.227 e. The van der Waals surface area contributed by atoms with Gasteiger partial charge in [-0.3, -0.25) is 0 Å². The largest absolute Gasteiger partial charge is 0.354 e. The number of hydrogen-bond donors (Lipinski definition) is 1. The zero-order chi connectivity index (χ0) is 20.3. The molecule has 0 bridgehead atoms. The van der Waals surface area contributed by atoms with Crippen molar-refractivity contribution in [3.63, 3.8) is 0 Å². The Hall–Kier alpha value is -3.51. The summed E-state index contributed by atoms with van der Waals surface area (Å²) in [6, 6.07) is 20.6. The number of aromatic nitrogens is 3. The van der Waals surface area contributed by atoms with Crippen molar-refractivity contribution >= 4 is 28.4 Å². The highest BCUT2D eigenvalue weighted by Crippen LogP contribution is 2.28. The van der Waals surface area contributed by atoms with Crippen LogP contribution in [0.1, 0.15) is 0 Å². The van der Waals surface area contributed by atoms with E-state index in [0.29, 0.717) is 5.95 Å². The van der Waals surface area contributed by atoms with Crippen molar-refractivity contribution in [2.45, 2.75) is 0 Å². The Bertz CT molecular complexity index is 1140. The maximum atomic E-state index is 4.80. The first-order valence-electron chi connectivity index (χ1n) is 10.2. The van der Waals surface area contributed by atoms with Gasteiger partial charge < -0.3 is 15.1 Å². The predicted octanol–water partition coefficient (Wildman–Crippen LogP) is 4.19. The monoisotopic (exact) mass is 396 g/mol. The van der Waals surface area contributed by atoms with Crippen LogP contribution in [0, 0.1) is 0 Å². The lowest BCUT2D eigenvalue weighted by Gasteiger charge is -2.33. The van der Waals surface area contributed by atoms with E-state index in [4.69, 9.17) is 4.98 Å². The molecule has 0 unspecified atom stereocenters. The Kier molecular flexibility index (Phi) is 4.99. The first-order valence-corrected chi connectivity index (χ1v) is 10.2. The third-order valence-electron chi connectivity index (χ3n) is 5.53. The molecule has 150 valence electrons. The number of anilines is 3. The van der Waals surface area contributed by atoms with Crippen LogP contribution in [0.3, 0.4) is 0 Å². The van der Waals surface area contributed by atoms with E-state index >= 15 is 0 Å². The molecule has 30 heavy (non-hydrogen) atoms. The number of pyridine rings is 1. The van der Waals surface area contributed by atoms with Gasteiger partial charge in [-0.15, -0.1) is 0 Å². The fourth-order valence-electron chi connectivity index (χ4n) is 3.78. The number of benzene rings is 2. The zero-order valence-electron chi connectivity index (χ0n) is 17.0. The van der Waals surface area contributed by atoms with Crippen LogP contribution < -0.4 is 10.2 Å². The summed E-state index contributed by atoms with van der Waals surface area (Å²) in [6.07, 6.45) is 3.72. The van der Waals surface area contributed by atoms with Gasteiger partial charge in [0.25, 0.3) is 0 Å². The van der Waals surface area contributed by atoms with E-state index < -0.39 is 0 Å². The third kappa shape index (κ3) is 3.82. The number of piperazine rings is 1. The van der Waals surface area contributed by atoms with Crippen molar-refractivity contribution in [2.24, 2.45) is 0 Å². The number of rotatable bonds is 4. The van der Waals surface area contributed by atoms with E-state index in [-0.39, 0.29) is 0 Å². The smallest absolute Gasteiger partial charge is 0.227 e. The number of nitrogens with one attached hydrogen (secondary N) is 1. The molecule has 0 saturated carbocycles. The molecule has 6 heteroatoms. The summed E-state index contributed by atoms with van der Waals surface area (Å²) in [4.78, 5) is 18.6. The van der Waals surface area contributed by atoms with Crippen LogP contribution in [0.15, 0.2) is 73.1 Å². The van der Waals surface area contributed by atoms with Crippen LogP contribution >= 0.6 is 0 Å². The Labute approximate surface area is 176 Å². The zero-order valence-corrected chi connectivity index (χ0v) is 17.0. The second-order valence-corrected chi connectivity index (χ2v) is 7.62. The summed E-state index contributed by atoms with van der Waals surface area (Å²) in [5.74, 6) is 1.58. The topological polar surface area (TPSA) is 57.2 Å². The highest BCUT2D eigenvalue weighted by atomic mass is 15.3. The van der Waals surface area contributed by atoms with Crippen molar-refractivity contribution in [1.29, 1.82) is 0 Å². The average molecular weight is 396 g/mol. The molecule has 5 rings (SSSR count). The van der Waals surface area contributed by atoms with E-state index in [0.717, 1.165) is 59.7 Å². The van der Waals surface area contributed by atoms with E-state index in [1.807, 2.05) is 48.8 Å². The highest BCUT2D eigenvalue weighted by molar-refractivity contribution is 5.93. The van der Waals surface area contributed by atoms with Crippen molar-refractivity contribution in [1.82, 2.24) is 19.9 Å². The average Bonchev–Trinajstić information content (AvgIpc) is 2.80. The maximum absolute atomic E-state index is 4.80. The molecule has 1 aliphatic heterocycles. The summed E-state index contributed by atoms with van der Waals surface area (Å²) in [6.45, 7) is 4.14. The molecule has 0 atom stereocenters. The van der Waals surface area contributed by atoms with Gasteiger partial charge in [0.15, 0.2) is 0 Å². The van der Waals surface area contributed by atoms with Gasteiger partial charge in [0.1, 0.15) is 5.82 Å². The van der Waals surface area contributed by atoms with Crippen molar-refractivity contribution in [3.05, 3.63) is 73.1 Å². The summed E-state index contributed by atoms with van der Waals surface area (Å²) >= 11 is 0. The van der Waals surface area contributed by atoms with E-state index in [1.165, 1.54) is 0 Å². The molecule has 4 aromatic rings. The van der Waals surface area contributed by atoms with E-state index in [9.17, 15) is 0 Å². The molecule has 0 spiro atoms. The van der Waals surface area contributed by atoms with Crippen molar-refractivity contribution < 1.29 is 0 Å². The van der Waals surface area contributed by atoms with Gasteiger partial charge in [0.2, 0.25) is 5.95 Å². The normalized spacial score (nSPS) is 14.8. The van der Waals surface area contributed by atoms with Gasteiger partial charge in [-0.25, -0.2) is 15.0 Å². The molecule has 2 aromatic carbocycles.